The summed E-state index contributed by atoms with van der Waals surface area (Å²) in [4.78, 5) is 7.04. The topological polar surface area (TPSA) is 56.9 Å². The third kappa shape index (κ3) is 6.91. The predicted molar refractivity (Wildman–Crippen MR) is 124 cm³/mol. The first-order chi connectivity index (χ1) is 12.8. The number of ether oxygens (including phenoxy) is 1. The van der Waals surface area contributed by atoms with Gasteiger partial charge in [0.15, 0.2) is 0 Å². The van der Waals surface area contributed by atoms with Crippen LogP contribution < -0.4 is 4.74 Å². The Morgan fingerprint density at radius 2 is 1.71 bits per heavy atom. The van der Waals surface area contributed by atoms with Gasteiger partial charge in [-0.2, -0.15) is 0 Å². The van der Waals surface area contributed by atoms with Crippen molar-refractivity contribution in [1.29, 1.82) is 0 Å². The number of aromatic nitrogens is 1. The molecule has 1 aromatic heterocycles. The number of thiazole rings is 1. The zero-order valence-electron chi connectivity index (χ0n) is 16.4. The number of fused-ring (bicyclic) bond motifs is 1. The highest BCUT2D eigenvalue weighted by molar-refractivity contribution is 7.19. The van der Waals surface area contributed by atoms with E-state index in [0.717, 1.165) is 54.5 Å². The molecule has 152 valence electrons. The summed E-state index contributed by atoms with van der Waals surface area (Å²) in [6.45, 7) is 8.46. The fourth-order valence-corrected chi connectivity index (χ4v) is 3.69. The van der Waals surface area contributed by atoms with Gasteiger partial charge >= 0.3 is 0 Å². The Morgan fingerprint density at radius 3 is 2.39 bits per heavy atom. The van der Waals surface area contributed by atoms with Crippen molar-refractivity contribution in [3.05, 3.63) is 59.1 Å². The third-order valence-corrected chi connectivity index (χ3v) is 5.39. The zero-order valence-corrected chi connectivity index (χ0v) is 18.1. The van der Waals surface area contributed by atoms with Gasteiger partial charge in [0.05, 0.1) is 16.8 Å². The van der Waals surface area contributed by atoms with E-state index >= 15 is 0 Å². The minimum Gasteiger partial charge on any atom is -0.494 e. The van der Waals surface area contributed by atoms with Gasteiger partial charge in [0.2, 0.25) is 0 Å². The van der Waals surface area contributed by atoms with Gasteiger partial charge in [-0.25, -0.2) is 4.98 Å². The highest BCUT2D eigenvalue weighted by Gasteiger charge is 2.01. The van der Waals surface area contributed by atoms with Crippen LogP contribution >= 0.6 is 23.7 Å². The highest BCUT2D eigenvalue weighted by Crippen LogP contribution is 2.23. The van der Waals surface area contributed by atoms with Gasteiger partial charge in [0.25, 0.3) is 0 Å². The summed E-state index contributed by atoms with van der Waals surface area (Å²) in [5.41, 5.74) is 2.21. The molecule has 0 aliphatic rings. The molecule has 0 radical (unpaired) electrons. The van der Waals surface area contributed by atoms with Gasteiger partial charge in [-0.3, -0.25) is 0 Å². The normalized spacial score (nSPS) is 10.8. The Kier molecular flexibility index (Phi) is 10.8. The molecule has 3 aromatic rings. The molecule has 28 heavy (non-hydrogen) atoms. The molecule has 2 aromatic carbocycles. The van der Waals surface area contributed by atoms with Crippen LogP contribution in [0.1, 0.15) is 30.8 Å². The Balaban J connectivity index is 0.00000196. The van der Waals surface area contributed by atoms with Crippen molar-refractivity contribution in [2.24, 2.45) is 0 Å². The number of hydrogen-bond donors (Lipinski definition) is 0. The SMILES string of the molecule is CCN(CC)CCCOc1ccc(/C=C/c2nc3ccccc3s2)cc1.Cl.O. The Hall–Kier alpha value is -1.92. The molecule has 0 aliphatic heterocycles. The van der Waals surface area contributed by atoms with Crippen LogP contribution in [0.2, 0.25) is 0 Å². The number of benzene rings is 2. The summed E-state index contributed by atoms with van der Waals surface area (Å²) in [5.74, 6) is 0.932. The van der Waals surface area contributed by atoms with Gasteiger partial charge in [-0.1, -0.05) is 44.2 Å². The summed E-state index contributed by atoms with van der Waals surface area (Å²) in [7, 11) is 0. The van der Waals surface area contributed by atoms with Crippen molar-refractivity contribution in [3.8, 4) is 5.75 Å². The molecule has 0 aliphatic carbocycles. The molecular formula is C22H29ClN2O2S. The monoisotopic (exact) mass is 420 g/mol. The molecule has 0 amide bonds. The smallest absolute Gasteiger partial charge is 0.119 e. The lowest BCUT2D eigenvalue weighted by molar-refractivity contribution is 0.249. The summed E-state index contributed by atoms with van der Waals surface area (Å²) in [6, 6.07) is 16.5. The van der Waals surface area contributed by atoms with Crippen molar-refractivity contribution in [3.63, 3.8) is 0 Å². The van der Waals surface area contributed by atoms with Crippen molar-refractivity contribution in [1.82, 2.24) is 9.88 Å². The van der Waals surface area contributed by atoms with Crippen molar-refractivity contribution < 1.29 is 10.2 Å². The summed E-state index contributed by atoms with van der Waals surface area (Å²) < 4.78 is 7.06. The Bertz CT molecular complexity index is 812. The van der Waals surface area contributed by atoms with E-state index in [0.29, 0.717) is 0 Å². The van der Waals surface area contributed by atoms with Gasteiger partial charge in [-0.15, -0.1) is 23.7 Å². The second-order valence-corrected chi connectivity index (χ2v) is 7.21. The molecular weight excluding hydrogens is 392 g/mol. The van der Waals surface area contributed by atoms with E-state index in [1.165, 1.54) is 4.70 Å². The highest BCUT2D eigenvalue weighted by atomic mass is 35.5. The molecule has 0 unspecified atom stereocenters. The van der Waals surface area contributed by atoms with Gasteiger partial charge in [-0.05, 0) is 55.4 Å². The van der Waals surface area contributed by atoms with Crippen LogP contribution in [0, 0.1) is 0 Å². The van der Waals surface area contributed by atoms with Crippen LogP contribution in [0.3, 0.4) is 0 Å². The summed E-state index contributed by atoms with van der Waals surface area (Å²) in [6.07, 6.45) is 5.23. The second kappa shape index (κ2) is 12.5. The standard InChI is InChI=1S/C22H26N2OS.ClH.H2O/c1-3-24(4-2)16-7-17-25-19-13-10-18(11-14-19)12-15-22-23-20-8-5-6-9-21(20)26-22;;/h5-6,8-15H,3-4,7,16-17H2,1-2H3;1H;1H2/b15-12+;;. The zero-order chi connectivity index (χ0) is 18.2. The van der Waals surface area contributed by atoms with Crippen LogP contribution in [0.25, 0.3) is 22.4 Å². The molecule has 4 nitrogen and oxygen atoms in total. The van der Waals surface area contributed by atoms with Gasteiger partial charge in [0, 0.05) is 6.54 Å². The first kappa shape index (κ1) is 24.1. The second-order valence-electron chi connectivity index (χ2n) is 6.15. The van der Waals surface area contributed by atoms with Crippen molar-refractivity contribution in [2.45, 2.75) is 20.3 Å². The molecule has 2 N–H and O–H groups in total. The number of nitrogens with zero attached hydrogens (tertiary/aromatic N) is 2. The minimum atomic E-state index is 0. The average molecular weight is 421 g/mol. The number of hydrogen-bond acceptors (Lipinski definition) is 4. The van der Waals surface area contributed by atoms with E-state index in [2.05, 4.69) is 66.2 Å². The molecule has 0 fully saturated rings. The maximum absolute atomic E-state index is 5.84. The van der Waals surface area contributed by atoms with Crippen LogP contribution in [0.4, 0.5) is 0 Å². The first-order valence-corrected chi connectivity index (χ1v) is 10.1. The molecule has 1 heterocycles. The number of para-hydroxylation sites is 1. The lowest BCUT2D eigenvalue weighted by atomic mass is 10.2. The van der Waals surface area contributed by atoms with Gasteiger partial charge in [0.1, 0.15) is 10.8 Å². The van der Waals surface area contributed by atoms with Gasteiger partial charge < -0.3 is 15.1 Å². The fourth-order valence-electron chi connectivity index (χ4n) is 2.82. The lowest BCUT2D eigenvalue weighted by Crippen LogP contribution is -2.25. The van der Waals surface area contributed by atoms with Crippen molar-refractivity contribution in [2.75, 3.05) is 26.2 Å². The van der Waals surface area contributed by atoms with E-state index < -0.39 is 0 Å². The lowest BCUT2D eigenvalue weighted by Gasteiger charge is -2.17. The Labute approximate surface area is 177 Å². The number of rotatable bonds is 9. The average Bonchev–Trinajstić information content (AvgIpc) is 3.10. The third-order valence-electron chi connectivity index (χ3n) is 4.39. The largest absolute Gasteiger partial charge is 0.494 e. The predicted octanol–water partition coefficient (Wildman–Crippen LogP) is 5.17. The Morgan fingerprint density at radius 1 is 1.00 bits per heavy atom. The van der Waals surface area contributed by atoms with E-state index in [9.17, 15) is 0 Å². The molecule has 0 bridgehead atoms. The quantitative estimate of drug-likeness (QED) is 0.448. The fraction of sp³-hybridized carbons (Fsp3) is 0.318. The number of halogens is 1. The maximum atomic E-state index is 5.84. The van der Waals surface area contributed by atoms with Crippen LogP contribution in [0.5, 0.6) is 5.75 Å². The minimum absolute atomic E-state index is 0. The molecule has 6 heteroatoms. The molecule has 3 rings (SSSR count). The molecule has 0 atom stereocenters. The van der Waals surface area contributed by atoms with Crippen LogP contribution in [-0.2, 0) is 0 Å². The molecule has 0 spiro atoms. The maximum Gasteiger partial charge on any atom is 0.119 e. The molecule has 0 saturated heterocycles. The van der Waals surface area contributed by atoms with Crippen molar-refractivity contribution >= 4 is 46.1 Å². The van der Waals surface area contributed by atoms with E-state index in [1.807, 2.05) is 18.2 Å². The van der Waals surface area contributed by atoms with Crippen LogP contribution in [0.15, 0.2) is 48.5 Å². The van der Waals surface area contributed by atoms with E-state index in [-0.39, 0.29) is 17.9 Å². The summed E-state index contributed by atoms with van der Waals surface area (Å²) in [5, 5.41) is 1.03. The summed E-state index contributed by atoms with van der Waals surface area (Å²) >= 11 is 1.71. The van der Waals surface area contributed by atoms with E-state index in [1.54, 1.807) is 11.3 Å². The van der Waals surface area contributed by atoms with E-state index in [4.69, 9.17) is 4.74 Å². The van der Waals surface area contributed by atoms with Crippen LogP contribution in [-0.4, -0.2) is 41.6 Å². The molecule has 0 saturated carbocycles. The first-order valence-electron chi connectivity index (χ1n) is 9.27.